The van der Waals surface area contributed by atoms with Crippen LogP contribution in [0.15, 0.2) is 35.1 Å². The van der Waals surface area contributed by atoms with Gasteiger partial charge in [0, 0.05) is 37.8 Å². The van der Waals surface area contributed by atoms with Gasteiger partial charge in [-0.25, -0.2) is 9.67 Å². The summed E-state index contributed by atoms with van der Waals surface area (Å²) in [6.45, 7) is 3.29. The van der Waals surface area contributed by atoms with Gasteiger partial charge in [0.2, 0.25) is 0 Å². The van der Waals surface area contributed by atoms with Crippen LogP contribution in [-0.4, -0.2) is 44.8 Å². The summed E-state index contributed by atoms with van der Waals surface area (Å²) in [5, 5.41) is 7.43. The van der Waals surface area contributed by atoms with Crippen molar-refractivity contribution in [3.05, 3.63) is 52.1 Å². The molecule has 0 radical (unpaired) electrons. The van der Waals surface area contributed by atoms with Crippen molar-refractivity contribution >= 4 is 22.8 Å². The van der Waals surface area contributed by atoms with Crippen molar-refractivity contribution in [2.75, 3.05) is 18.0 Å². The summed E-state index contributed by atoms with van der Waals surface area (Å²) in [4.78, 5) is 34.0. The van der Waals surface area contributed by atoms with Gasteiger partial charge in [-0.05, 0) is 50.5 Å². The molecule has 2 aromatic heterocycles. The molecule has 2 N–H and O–H groups in total. The highest BCUT2D eigenvalue weighted by atomic mass is 16.1. The molecule has 8 nitrogen and oxygen atoms in total. The van der Waals surface area contributed by atoms with Crippen molar-refractivity contribution < 1.29 is 4.79 Å². The number of hydrogen-bond donors (Lipinski definition) is 2. The second kappa shape index (κ2) is 7.46. The summed E-state index contributed by atoms with van der Waals surface area (Å²) in [6.07, 6.45) is 3.16. The minimum atomic E-state index is -0.130. The molecule has 4 rings (SSSR count). The van der Waals surface area contributed by atoms with Gasteiger partial charge in [0.15, 0.2) is 0 Å². The van der Waals surface area contributed by atoms with E-state index >= 15 is 0 Å². The standard InChI is InChI=1S/C20H24N6O2/c1-13-22-16-7-6-14(11-17(16)23-13)20(28)21-12-15-5-3-4-10-26(15)18-8-9-19(27)25(2)24-18/h6-9,11,15H,3-5,10,12H2,1-2H3,(H,21,28)(H,22,23). The number of benzene rings is 1. The van der Waals surface area contributed by atoms with Gasteiger partial charge in [-0.3, -0.25) is 9.59 Å². The van der Waals surface area contributed by atoms with Crippen LogP contribution in [0.3, 0.4) is 0 Å². The molecule has 8 heteroatoms. The smallest absolute Gasteiger partial charge is 0.266 e. The first-order valence-electron chi connectivity index (χ1n) is 9.57. The number of aromatic amines is 1. The molecule has 1 atom stereocenters. The van der Waals surface area contributed by atoms with Gasteiger partial charge < -0.3 is 15.2 Å². The maximum atomic E-state index is 12.7. The van der Waals surface area contributed by atoms with E-state index in [1.807, 2.05) is 19.1 Å². The van der Waals surface area contributed by atoms with Gasteiger partial charge in [-0.1, -0.05) is 0 Å². The molecular formula is C20H24N6O2. The van der Waals surface area contributed by atoms with E-state index in [-0.39, 0.29) is 17.5 Å². The molecule has 1 saturated heterocycles. The molecule has 28 heavy (non-hydrogen) atoms. The van der Waals surface area contributed by atoms with Gasteiger partial charge in [0.25, 0.3) is 11.5 Å². The number of nitrogens with zero attached hydrogens (tertiary/aromatic N) is 4. The molecule has 3 heterocycles. The number of carbonyl (C=O) groups is 1. The summed E-state index contributed by atoms with van der Waals surface area (Å²) in [7, 11) is 1.65. The molecule has 146 valence electrons. The molecule has 0 spiro atoms. The fourth-order valence-electron chi connectivity index (χ4n) is 3.75. The number of fused-ring (bicyclic) bond motifs is 1. The van der Waals surface area contributed by atoms with Crippen molar-refractivity contribution in [1.82, 2.24) is 25.1 Å². The highest BCUT2D eigenvalue weighted by molar-refractivity contribution is 5.97. The molecule has 0 aliphatic carbocycles. The molecule has 0 bridgehead atoms. The predicted molar refractivity (Wildman–Crippen MR) is 108 cm³/mol. The average Bonchev–Trinajstić information content (AvgIpc) is 3.07. The van der Waals surface area contributed by atoms with Crippen LogP contribution in [0, 0.1) is 6.92 Å². The summed E-state index contributed by atoms with van der Waals surface area (Å²) in [6, 6.07) is 8.93. The molecule has 1 aromatic carbocycles. The van der Waals surface area contributed by atoms with E-state index in [4.69, 9.17) is 0 Å². The molecule has 0 saturated carbocycles. The van der Waals surface area contributed by atoms with E-state index in [1.54, 1.807) is 19.2 Å². The number of carbonyl (C=O) groups excluding carboxylic acids is 1. The van der Waals surface area contributed by atoms with Crippen molar-refractivity contribution in [3.63, 3.8) is 0 Å². The lowest BCUT2D eigenvalue weighted by atomic mass is 10.0. The molecule has 1 fully saturated rings. The maximum absolute atomic E-state index is 12.7. The van der Waals surface area contributed by atoms with E-state index < -0.39 is 0 Å². The van der Waals surface area contributed by atoms with Crippen LogP contribution in [-0.2, 0) is 7.05 Å². The van der Waals surface area contributed by atoms with Crippen LogP contribution in [0.4, 0.5) is 5.82 Å². The summed E-state index contributed by atoms with van der Waals surface area (Å²) < 4.78 is 1.35. The zero-order valence-corrected chi connectivity index (χ0v) is 16.1. The Kier molecular flexibility index (Phi) is 4.85. The first-order valence-corrected chi connectivity index (χ1v) is 9.57. The molecular weight excluding hydrogens is 356 g/mol. The zero-order valence-electron chi connectivity index (χ0n) is 16.1. The van der Waals surface area contributed by atoms with Gasteiger partial charge >= 0.3 is 0 Å². The number of hydrogen-bond acceptors (Lipinski definition) is 5. The van der Waals surface area contributed by atoms with Crippen molar-refractivity contribution in [2.24, 2.45) is 7.05 Å². The van der Waals surface area contributed by atoms with Gasteiger partial charge in [0.05, 0.1) is 11.0 Å². The Bertz CT molecular complexity index is 1070. The normalized spacial score (nSPS) is 17.1. The number of imidazole rings is 1. The van der Waals surface area contributed by atoms with Crippen LogP contribution >= 0.6 is 0 Å². The first kappa shape index (κ1) is 18.2. The Morgan fingerprint density at radius 3 is 2.96 bits per heavy atom. The van der Waals surface area contributed by atoms with Gasteiger partial charge in [-0.2, -0.15) is 5.10 Å². The molecule has 1 unspecified atom stereocenters. The highest BCUT2D eigenvalue weighted by Gasteiger charge is 2.24. The summed E-state index contributed by atoms with van der Waals surface area (Å²) in [5.74, 6) is 1.50. The highest BCUT2D eigenvalue weighted by Crippen LogP contribution is 2.22. The lowest BCUT2D eigenvalue weighted by Crippen LogP contribution is -2.47. The van der Waals surface area contributed by atoms with Crippen LogP contribution < -0.4 is 15.8 Å². The lowest BCUT2D eigenvalue weighted by Gasteiger charge is -2.36. The number of nitrogens with one attached hydrogen (secondary N) is 2. The van der Waals surface area contributed by atoms with Crippen LogP contribution in [0.2, 0.25) is 0 Å². The fourth-order valence-corrected chi connectivity index (χ4v) is 3.75. The number of aromatic nitrogens is 4. The Morgan fingerprint density at radius 1 is 1.29 bits per heavy atom. The number of anilines is 1. The quantitative estimate of drug-likeness (QED) is 0.719. The van der Waals surface area contributed by atoms with E-state index in [2.05, 4.69) is 25.3 Å². The monoisotopic (exact) mass is 380 g/mol. The third kappa shape index (κ3) is 3.62. The summed E-state index contributed by atoms with van der Waals surface area (Å²) >= 11 is 0. The molecule has 1 aliphatic rings. The van der Waals surface area contributed by atoms with E-state index in [1.165, 1.54) is 10.7 Å². The van der Waals surface area contributed by atoms with Crippen molar-refractivity contribution in [3.8, 4) is 0 Å². The fraction of sp³-hybridized carbons (Fsp3) is 0.400. The van der Waals surface area contributed by atoms with E-state index in [0.717, 1.165) is 48.5 Å². The van der Waals surface area contributed by atoms with Crippen LogP contribution in [0.25, 0.3) is 11.0 Å². The van der Waals surface area contributed by atoms with Crippen molar-refractivity contribution in [1.29, 1.82) is 0 Å². The number of rotatable bonds is 4. The topological polar surface area (TPSA) is 95.9 Å². The minimum absolute atomic E-state index is 0.104. The SMILES string of the molecule is Cc1nc2ccc(C(=O)NCC3CCCCN3c3ccc(=O)n(C)n3)cc2[nH]1. The average molecular weight is 380 g/mol. The Balaban J connectivity index is 1.47. The number of H-pyrrole nitrogens is 1. The zero-order chi connectivity index (χ0) is 19.7. The van der Waals surface area contributed by atoms with Gasteiger partial charge in [0.1, 0.15) is 11.6 Å². The number of aryl methyl sites for hydroxylation is 2. The maximum Gasteiger partial charge on any atom is 0.266 e. The molecule has 1 amide bonds. The lowest BCUT2D eigenvalue weighted by molar-refractivity contribution is 0.0949. The molecule has 3 aromatic rings. The Morgan fingerprint density at radius 2 is 2.14 bits per heavy atom. The van der Waals surface area contributed by atoms with Crippen molar-refractivity contribution in [2.45, 2.75) is 32.2 Å². The molecule has 1 aliphatic heterocycles. The third-order valence-electron chi connectivity index (χ3n) is 5.23. The predicted octanol–water partition coefficient (Wildman–Crippen LogP) is 1.75. The minimum Gasteiger partial charge on any atom is -0.350 e. The number of amides is 1. The number of piperidine rings is 1. The third-order valence-corrected chi connectivity index (χ3v) is 5.23. The van der Waals surface area contributed by atoms with Gasteiger partial charge in [-0.15, -0.1) is 0 Å². The largest absolute Gasteiger partial charge is 0.350 e. The van der Waals surface area contributed by atoms with Crippen LogP contribution in [0.5, 0.6) is 0 Å². The van der Waals surface area contributed by atoms with E-state index in [9.17, 15) is 9.59 Å². The van der Waals surface area contributed by atoms with Crippen LogP contribution in [0.1, 0.15) is 35.4 Å². The summed E-state index contributed by atoms with van der Waals surface area (Å²) in [5.41, 5.74) is 2.20. The Labute approximate surface area is 162 Å². The second-order valence-electron chi connectivity index (χ2n) is 7.26. The second-order valence-corrected chi connectivity index (χ2v) is 7.26. The first-order chi connectivity index (χ1) is 13.5. The van der Waals surface area contributed by atoms with E-state index in [0.29, 0.717) is 12.1 Å². The Hall–Kier alpha value is -3.16.